The summed E-state index contributed by atoms with van der Waals surface area (Å²) in [7, 11) is 0. The van der Waals surface area contributed by atoms with Crippen LogP contribution in [0.15, 0.2) is 18.2 Å². The molecule has 1 saturated heterocycles. The summed E-state index contributed by atoms with van der Waals surface area (Å²) in [5, 5.41) is 10.8. The summed E-state index contributed by atoms with van der Waals surface area (Å²) >= 11 is 0. The number of nitro groups is 1. The van der Waals surface area contributed by atoms with Crippen LogP contribution in [0.5, 0.6) is 0 Å². The van der Waals surface area contributed by atoms with Crippen LogP contribution in [-0.4, -0.2) is 41.5 Å². The van der Waals surface area contributed by atoms with Gasteiger partial charge >= 0.3 is 0 Å². The number of anilines is 1. The van der Waals surface area contributed by atoms with E-state index in [9.17, 15) is 14.9 Å². The summed E-state index contributed by atoms with van der Waals surface area (Å²) in [6, 6.07) is 3.91. The molecule has 7 nitrogen and oxygen atoms in total. The third kappa shape index (κ3) is 2.72. The average Bonchev–Trinajstić information content (AvgIpc) is 2.46. The molecule has 1 aromatic rings. The lowest BCUT2D eigenvalue weighted by Gasteiger charge is -2.35. The second-order valence-corrected chi connectivity index (χ2v) is 4.66. The van der Waals surface area contributed by atoms with Gasteiger partial charge in [0.05, 0.1) is 29.7 Å². The molecule has 0 saturated carbocycles. The Labute approximate surface area is 116 Å². The van der Waals surface area contributed by atoms with Crippen LogP contribution in [0, 0.1) is 10.1 Å². The molecule has 0 radical (unpaired) electrons. The highest BCUT2D eigenvalue weighted by Crippen LogP contribution is 2.23. The number of ether oxygens (including phenoxy) is 1. The highest BCUT2D eigenvalue weighted by Gasteiger charge is 2.28. The summed E-state index contributed by atoms with van der Waals surface area (Å²) in [6.45, 7) is 3.39. The monoisotopic (exact) mass is 279 g/mol. The van der Waals surface area contributed by atoms with Crippen LogP contribution in [-0.2, 0) is 4.74 Å². The molecule has 0 aromatic heterocycles. The third-order valence-electron chi connectivity index (χ3n) is 3.44. The van der Waals surface area contributed by atoms with Crippen molar-refractivity contribution in [1.29, 1.82) is 0 Å². The maximum Gasteiger partial charge on any atom is 0.270 e. The SMILES string of the molecule is CCC1COCCN1C(=O)c1cc([N+](=O)[O-])ccc1N. The molecule has 20 heavy (non-hydrogen) atoms. The van der Waals surface area contributed by atoms with E-state index in [1.54, 1.807) is 4.90 Å². The molecule has 1 unspecified atom stereocenters. The number of nitrogen functional groups attached to an aromatic ring is 1. The zero-order valence-electron chi connectivity index (χ0n) is 11.2. The van der Waals surface area contributed by atoms with Gasteiger partial charge in [-0.05, 0) is 12.5 Å². The van der Waals surface area contributed by atoms with E-state index in [0.717, 1.165) is 6.42 Å². The van der Waals surface area contributed by atoms with Crippen LogP contribution in [0.1, 0.15) is 23.7 Å². The van der Waals surface area contributed by atoms with Gasteiger partial charge in [-0.1, -0.05) is 6.92 Å². The summed E-state index contributed by atoms with van der Waals surface area (Å²) < 4.78 is 5.35. The van der Waals surface area contributed by atoms with Crippen molar-refractivity contribution in [1.82, 2.24) is 4.90 Å². The quantitative estimate of drug-likeness (QED) is 0.512. The lowest BCUT2D eigenvalue weighted by Crippen LogP contribution is -2.48. The first kappa shape index (κ1) is 14.3. The smallest absolute Gasteiger partial charge is 0.270 e. The second-order valence-electron chi connectivity index (χ2n) is 4.66. The molecule has 1 heterocycles. The molecule has 1 aromatic carbocycles. The highest BCUT2D eigenvalue weighted by atomic mass is 16.6. The van der Waals surface area contributed by atoms with Crippen molar-refractivity contribution >= 4 is 17.3 Å². The predicted molar refractivity (Wildman–Crippen MR) is 73.4 cm³/mol. The molecule has 2 rings (SSSR count). The van der Waals surface area contributed by atoms with Gasteiger partial charge in [0.2, 0.25) is 0 Å². The number of non-ortho nitro benzene ring substituents is 1. The number of hydrogen-bond acceptors (Lipinski definition) is 5. The molecule has 7 heteroatoms. The first-order valence-corrected chi connectivity index (χ1v) is 6.47. The van der Waals surface area contributed by atoms with E-state index in [4.69, 9.17) is 10.5 Å². The molecule has 1 fully saturated rings. The number of hydrogen-bond donors (Lipinski definition) is 1. The number of amides is 1. The van der Waals surface area contributed by atoms with Crippen molar-refractivity contribution in [2.75, 3.05) is 25.5 Å². The van der Waals surface area contributed by atoms with Crippen LogP contribution < -0.4 is 5.73 Å². The van der Waals surface area contributed by atoms with E-state index < -0.39 is 4.92 Å². The van der Waals surface area contributed by atoms with E-state index >= 15 is 0 Å². The van der Waals surface area contributed by atoms with Crippen LogP contribution >= 0.6 is 0 Å². The van der Waals surface area contributed by atoms with E-state index in [-0.39, 0.29) is 28.9 Å². The van der Waals surface area contributed by atoms with Crippen molar-refractivity contribution in [2.24, 2.45) is 0 Å². The molecule has 0 aliphatic carbocycles. The normalized spacial score (nSPS) is 18.9. The van der Waals surface area contributed by atoms with Crippen LogP contribution in [0.2, 0.25) is 0 Å². The van der Waals surface area contributed by atoms with Gasteiger partial charge < -0.3 is 15.4 Å². The molecule has 2 N–H and O–H groups in total. The Morgan fingerprint density at radius 2 is 2.35 bits per heavy atom. The lowest BCUT2D eigenvalue weighted by molar-refractivity contribution is -0.384. The van der Waals surface area contributed by atoms with Crippen molar-refractivity contribution in [3.8, 4) is 0 Å². The summed E-state index contributed by atoms with van der Waals surface area (Å²) in [4.78, 5) is 24.5. The maximum atomic E-state index is 12.5. The Bertz CT molecular complexity index is 532. The Morgan fingerprint density at radius 1 is 1.60 bits per heavy atom. The summed E-state index contributed by atoms with van der Waals surface area (Å²) in [6.07, 6.45) is 0.764. The predicted octanol–water partition coefficient (Wildman–Crippen LogP) is 1.43. The minimum Gasteiger partial charge on any atom is -0.398 e. The second kappa shape index (κ2) is 5.87. The fraction of sp³-hybridized carbons (Fsp3) is 0.462. The van der Waals surface area contributed by atoms with Gasteiger partial charge in [0, 0.05) is 24.4 Å². The number of nitro benzene ring substituents is 1. The topological polar surface area (TPSA) is 98.7 Å². The number of nitrogens with two attached hydrogens (primary N) is 1. The third-order valence-corrected chi connectivity index (χ3v) is 3.44. The van der Waals surface area contributed by atoms with E-state index in [0.29, 0.717) is 19.8 Å². The van der Waals surface area contributed by atoms with Gasteiger partial charge in [-0.15, -0.1) is 0 Å². The molecule has 1 amide bonds. The van der Waals surface area contributed by atoms with Crippen molar-refractivity contribution in [3.05, 3.63) is 33.9 Å². The molecule has 108 valence electrons. The standard InChI is InChI=1S/C13H17N3O4/c1-2-9-8-20-6-5-15(9)13(17)11-7-10(16(18)19)3-4-12(11)14/h3-4,7,9H,2,5-6,8,14H2,1H3. The first-order valence-electron chi connectivity index (χ1n) is 6.47. The van der Waals surface area contributed by atoms with Gasteiger partial charge in [0.25, 0.3) is 11.6 Å². The summed E-state index contributed by atoms with van der Waals surface area (Å²) in [5.41, 5.74) is 6.08. The molecule has 1 aliphatic rings. The molecule has 1 aliphatic heterocycles. The fourth-order valence-electron chi connectivity index (χ4n) is 2.26. The number of morpholine rings is 1. The van der Waals surface area contributed by atoms with Crippen molar-refractivity contribution < 1.29 is 14.5 Å². The fourth-order valence-corrected chi connectivity index (χ4v) is 2.26. The van der Waals surface area contributed by atoms with Gasteiger partial charge in [0.15, 0.2) is 0 Å². The Hall–Kier alpha value is -2.15. The minimum absolute atomic E-state index is 0.0186. The van der Waals surface area contributed by atoms with Gasteiger partial charge in [-0.25, -0.2) is 0 Å². The molecule has 1 atom stereocenters. The van der Waals surface area contributed by atoms with Gasteiger partial charge in [-0.3, -0.25) is 14.9 Å². The van der Waals surface area contributed by atoms with E-state index in [1.807, 2.05) is 6.92 Å². The molecular formula is C13H17N3O4. The van der Waals surface area contributed by atoms with Gasteiger partial charge in [-0.2, -0.15) is 0 Å². The molecule has 0 spiro atoms. The largest absolute Gasteiger partial charge is 0.398 e. The van der Waals surface area contributed by atoms with E-state index in [1.165, 1.54) is 18.2 Å². The highest BCUT2D eigenvalue weighted by molar-refractivity contribution is 6.00. The molecular weight excluding hydrogens is 262 g/mol. The first-order chi connectivity index (χ1) is 9.54. The van der Waals surface area contributed by atoms with Crippen LogP contribution in [0.4, 0.5) is 11.4 Å². The lowest BCUT2D eigenvalue weighted by atomic mass is 10.1. The van der Waals surface area contributed by atoms with Crippen LogP contribution in [0.25, 0.3) is 0 Å². The Morgan fingerprint density at radius 3 is 3.00 bits per heavy atom. The zero-order valence-corrected chi connectivity index (χ0v) is 11.2. The van der Waals surface area contributed by atoms with E-state index in [2.05, 4.69) is 0 Å². The summed E-state index contributed by atoms with van der Waals surface area (Å²) in [5.74, 6) is -0.277. The Kier molecular flexibility index (Phi) is 4.19. The number of carbonyl (C=O) groups is 1. The van der Waals surface area contributed by atoms with Crippen molar-refractivity contribution in [2.45, 2.75) is 19.4 Å². The maximum absolute atomic E-state index is 12.5. The van der Waals surface area contributed by atoms with Crippen molar-refractivity contribution in [3.63, 3.8) is 0 Å². The number of rotatable bonds is 3. The average molecular weight is 279 g/mol. The van der Waals surface area contributed by atoms with Crippen LogP contribution in [0.3, 0.4) is 0 Å². The Balaban J connectivity index is 2.32. The number of carbonyl (C=O) groups excluding carboxylic acids is 1. The minimum atomic E-state index is -0.535. The zero-order chi connectivity index (χ0) is 14.7. The van der Waals surface area contributed by atoms with Gasteiger partial charge in [0.1, 0.15) is 0 Å². The number of benzene rings is 1. The molecule has 0 bridgehead atoms. The number of nitrogens with zero attached hydrogens (tertiary/aromatic N) is 2.